The van der Waals surface area contributed by atoms with Crippen LogP contribution in [0.5, 0.6) is 5.75 Å². The molecule has 0 unspecified atom stereocenters. The number of amides is 1. The molecule has 0 aliphatic heterocycles. The lowest BCUT2D eigenvalue weighted by atomic mass is 10.0. The first-order chi connectivity index (χ1) is 16.9. The molecule has 5 N–H and O–H groups in total. The fourth-order valence-corrected chi connectivity index (χ4v) is 3.80. The number of benzene rings is 2. The monoisotopic (exact) mass is 502 g/mol. The minimum atomic E-state index is -4.60. The van der Waals surface area contributed by atoms with Crippen molar-refractivity contribution in [3.8, 4) is 5.75 Å². The number of nitrogen functional groups attached to an aromatic ring is 1. The minimum Gasteiger partial charge on any atom is -0.508 e. The Hall–Kier alpha value is -3.63. The number of rotatable bonds is 9. The molecule has 3 aromatic rings. The molecule has 0 spiro atoms. The lowest BCUT2D eigenvalue weighted by Crippen LogP contribution is -2.32. The molecule has 0 saturated heterocycles. The molecule has 0 saturated carbocycles. The van der Waals surface area contributed by atoms with Gasteiger partial charge in [0.05, 0.1) is 11.7 Å². The van der Waals surface area contributed by atoms with E-state index in [1.54, 1.807) is 30.3 Å². The Morgan fingerprint density at radius 3 is 2.56 bits per heavy atom. The van der Waals surface area contributed by atoms with E-state index in [2.05, 4.69) is 10.3 Å². The van der Waals surface area contributed by atoms with Gasteiger partial charge in [0.15, 0.2) is 0 Å². The average Bonchev–Trinajstić information content (AvgIpc) is 2.81. The summed E-state index contributed by atoms with van der Waals surface area (Å²) in [4.78, 5) is 18.2. The van der Waals surface area contributed by atoms with E-state index in [1.807, 2.05) is 13.0 Å². The van der Waals surface area contributed by atoms with Crippen LogP contribution in [0.1, 0.15) is 45.6 Å². The minimum absolute atomic E-state index is 0.0162. The maximum absolute atomic E-state index is 13.0. The highest BCUT2D eigenvalue weighted by Crippen LogP contribution is 2.32. The zero-order valence-electron chi connectivity index (χ0n) is 20.0. The van der Waals surface area contributed by atoms with Gasteiger partial charge in [-0.15, -0.1) is 0 Å². The molecule has 0 aliphatic rings. The number of nitrogens with one attached hydrogen (secondary N) is 1. The molecule has 2 atom stereocenters. The predicted molar refractivity (Wildman–Crippen MR) is 130 cm³/mol. The van der Waals surface area contributed by atoms with E-state index >= 15 is 0 Å². The smallest absolute Gasteiger partial charge is 0.416 e. The molecule has 0 fully saturated rings. The number of hydrogen-bond donors (Lipinski definition) is 4. The molecule has 1 aromatic heterocycles. The molecule has 3 rings (SSSR count). The summed E-state index contributed by atoms with van der Waals surface area (Å²) in [6, 6.07) is 13.1. The highest BCUT2D eigenvalue weighted by molar-refractivity contribution is 5.94. The summed E-state index contributed by atoms with van der Waals surface area (Å²) in [5.41, 5.74) is 6.69. The molecule has 0 bridgehead atoms. The molecule has 192 valence electrons. The summed E-state index contributed by atoms with van der Waals surface area (Å²) in [7, 11) is 1.49. The van der Waals surface area contributed by atoms with E-state index in [1.165, 1.54) is 24.2 Å². The Morgan fingerprint density at radius 2 is 1.89 bits per heavy atom. The van der Waals surface area contributed by atoms with E-state index in [0.717, 1.165) is 11.6 Å². The van der Waals surface area contributed by atoms with Crippen LogP contribution in [0.2, 0.25) is 0 Å². The number of phenolic OH excluding ortho intramolecular Hbond substituents is 1. The maximum Gasteiger partial charge on any atom is 0.416 e. The fourth-order valence-electron chi connectivity index (χ4n) is 3.80. The van der Waals surface area contributed by atoms with Gasteiger partial charge in [-0.05, 0) is 60.9 Å². The standard InChI is InChI=1S/C26H29F3N4O3/c1-16(31-14-23(35)20-6-7-24(30)32-13-20)8-17-4-3-5-19(9-17)25(36)33(2)15-18-10-21(26(27,28)29)12-22(34)11-18/h3-7,9-13,16,23,31,34-35H,8,14-15H2,1-2H3,(H2,30,32)/t16-,23+/m1/s1. The number of alkyl halides is 3. The van der Waals surface area contributed by atoms with Crippen molar-refractivity contribution in [2.24, 2.45) is 0 Å². The molecule has 7 nitrogen and oxygen atoms in total. The summed E-state index contributed by atoms with van der Waals surface area (Å²) in [5.74, 6) is -0.497. The Morgan fingerprint density at radius 1 is 1.14 bits per heavy atom. The SMILES string of the molecule is C[C@H](Cc1cccc(C(=O)N(C)Cc2cc(O)cc(C(F)(F)F)c2)c1)NC[C@H](O)c1ccc(N)nc1. The van der Waals surface area contributed by atoms with Crippen LogP contribution in [0.15, 0.2) is 60.8 Å². The quantitative estimate of drug-likeness (QED) is 0.353. The van der Waals surface area contributed by atoms with Crippen LogP contribution in [0.25, 0.3) is 0 Å². The van der Waals surface area contributed by atoms with Crippen molar-refractivity contribution >= 4 is 11.7 Å². The first-order valence-electron chi connectivity index (χ1n) is 11.3. The van der Waals surface area contributed by atoms with Crippen LogP contribution in [0, 0.1) is 0 Å². The van der Waals surface area contributed by atoms with E-state index in [9.17, 15) is 28.2 Å². The summed E-state index contributed by atoms with van der Waals surface area (Å²) in [6.45, 7) is 2.16. The van der Waals surface area contributed by atoms with Gasteiger partial charge in [-0.25, -0.2) is 4.98 Å². The molecule has 10 heteroatoms. The molecular formula is C26H29F3N4O3. The first kappa shape index (κ1) is 27.0. The number of aliphatic hydroxyl groups excluding tert-OH is 1. The van der Waals surface area contributed by atoms with Gasteiger partial charge in [-0.3, -0.25) is 4.79 Å². The van der Waals surface area contributed by atoms with Gasteiger partial charge >= 0.3 is 6.18 Å². The highest BCUT2D eigenvalue weighted by atomic mass is 19.4. The van der Waals surface area contributed by atoms with Crippen molar-refractivity contribution in [2.75, 3.05) is 19.3 Å². The number of phenols is 1. The number of halogens is 3. The van der Waals surface area contributed by atoms with Crippen LogP contribution in [-0.4, -0.2) is 45.6 Å². The van der Waals surface area contributed by atoms with Crippen molar-refractivity contribution < 1.29 is 28.2 Å². The third kappa shape index (κ3) is 7.43. The predicted octanol–water partition coefficient (Wildman–Crippen LogP) is 3.91. The van der Waals surface area contributed by atoms with Crippen molar-refractivity contribution in [1.29, 1.82) is 0 Å². The van der Waals surface area contributed by atoms with Gasteiger partial charge in [-0.1, -0.05) is 18.2 Å². The molecule has 0 radical (unpaired) electrons. The van der Waals surface area contributed by atoms with E-state index < -0.39 is 23.6 Å². The number of nitrogens with two attached hydrogens (primary N) is 1. The third-order valence-electron chi connectivity index (χ3n) is 5.64. The van der Waals surface area contributed by atoms with Crippen LogP contribution >= 0.6 is 0 Å². The molecule has 0 aliphatic carbocycles. The lowest BCUT2D eigenvalue weighted by molar-refractivity contribution is -0.137. The molecule has 36 heavy (non-hydrogen) atoms. The van der Waals surface area contributed by atoms with Gasteiger partial charge < -0.3 is 26.2 Å². The molecule has 2 aromatic carbocycles. The van der Waals surface area contributed by atoms with Gasteiger partial charge in [0.25, 0.3) is 5.91 Å². The topological polar surface area (TPSA) is 112 Å². The van der Waals surface area contributed by atoms with E-state index in [-0.39, 0.29) is 24.1 Å². The fraction of sp³-hybridized carbons (Fsp3) is 0.308. The Balaban J connectivity index is 1.60. The van der Waals surface area contributed by atoms with Crippen LogP contribution < -0.4 is 11.1 Å². The van der Waals surface area contributed by atoms with Crippen molar-refractivity contribution in [3.63, 3.8) is 0 Å². The van der Waals surface area contributed by atoms with Crippen molar-refractivity contribution in [1.82, 2.24) is 15.2 Å². The number of aromatic nitrogens is 1. The maximum atomic E-state index is 13.0. The Labute approximate surface area is 207 Å². The summed E-state index contributed by atoms with van der Waals surface area (Å²) >= 11 is 0. The molecule has 1 heterocycles. The highest BCUT2D eigenvalue weighted by Gasteiger charge is 2.31. The molecular weight excluding hydrogens is 473 g/mol. The largest absolute Gasteiger partial charge is 0.508 e. The zero-order chi connectivity index (χ0) is 26.5. The number of anilines is 1. The van der Waals surface area contributed by atoms with Crippen LogP contribution in [-0.2, 0) is 19.1 Å². The zero-order valence-corrected chi connectivity index (χ0v) is 20.0. The van der Waals surface area contributed by atoms with Gasteiger partial charge in [0.1, 0.15) is 11.6 Å². The normalized spacial score (nSPS) is 13.3. The number of hydrogen-bond acceptors (Lipinski definition) is 6. The number of aliphatic hydroxyl groups is 1. The number of pyridine rings is 1. The van der Waals surface area contributed by atoms with E-state index in [4.69, 9.17) is 5.73 Å². The third-order valence-corrected chi connectivity index (χ3v) is 5.64. The number of carbonyl (C=O) groups excluding carboxylic acids is 1. The summed E-state index contributed by atoms with van der Waals surface area (Å²) in [5, 5.41) is 23.3. The van der Waals surface area contributed by atoms with Crippen LogP contribution in [0.4, 0.5) is 19.0 Å². The second-order valence-corrected chi connectivity index (χ2v) is 8.79. The number of nitrogens with zero attached hydrogens (tertiary/aromatic N) is 2. The second-order valence-electron chi connectivity index (χ2n) is 8.79. The Bertz CT molecular complexity index is 1190. The lowest BCUT2D eigenvalue weighted by Gasteiger charge is -2.20. The Kier molecular flexibility index (Phi) is 8.54. The molecule has 1 amide bonds. The summed E-state index contributed by atoms with van der Waals surface area (Å²) in [6.07, 6.45) is -3.24. The van der Waals surface area contributed by atoms with Gasteiger partial charge in [0, 0.05) is 43.5 Å². The van der Waals surface area contributed by atoms with Crippen molar-refractivity contribution in [2.45, 2.75) is 38.2 Å². The second kappa shape index (κ2) is 11.4. The van der Waals surface area contributed by atoms with Crippen molar-refractivity contribution in [3.05, 3.63) is 88.6 Å². The van der Waals surface area contributed by atoms with E-state index in [0.29, 0.717) is 36.0 Å². The summed E-state index contributed by atoms with van der Waals surface area (Å²) < 4.78 is 39.1. The van der Waals surface area contributed by atoms with Gasteiger partial charge in [0.2, 0.25) is 0 Å². The number of aromatic hydroxyl groups is 1. The van der Waals surface area contributed by atoms with Crippen LogP contribution in [0.3, 0.4) is 0 Å². The number of carbonyl (C=O) groups is 1. The van der Waals surface area contributed by atoms with Gasteiger partial charge in [-0.2, -0.15) is 13.2 Å². The average molecular weight is 503 g/mol. The first-order valence-corrected chi connectivity index (χ1v) is 11.3.